The van der Waals surface area contributed by atoms with E-state index in [0.29, 0.717) is 25.0 Å². The van der Waals surface area contributed by atoms with E-state index < -0.39 is 0 Å². The van der Waals surface area contributed by atoms with Crippen molar-refractivity contribution in [3.8, 4) is 0 Å². The van der Waals surface area contributed by atoms with Gasteiger partial charge < -0.3 is 5.32 Å². The Morgan fingerprint density at radius 1 is 1.12 bits per heavy atom. The highest BCUT2D eigenvalue weighted by Crippen LogP contribution is 2.22. The quantitative estimate of drug-likeness (QED) is 0.836. The number of fused-ring (bicyclic) bond motifs is 1. The second-order valence-electron chi connectivity index (χ2n) is 7.27. The zero-order chi connectivity index (χ0) is 18.6. The van der Waals surface area contributed by atoms with Gasteiger partial charge in [0.15, 0.2) is 0 Å². The highest BCUT2D eigenvalue weighted by atomic mass is 16.1. The maximum absolute atomic E-state index is 12.4. The van der Waals surface area contributed by atoms with E-state index >= 15 is 0 Å². The summed E-state index contributed by atoms with van der Waals surface area (Å²) in [5.41, 5.74) is 4.13. The zero-order valence-electron chi connectivity index (χ0n) is 16.4. The highest BCUT2D eigenvalue weighted by molar-refractivity contribution is 5.86. The van der Waals surface area contributed by atoms with Gasteiger partial charge in [-0.25, -0.2) is 0 Å². The molecule has 1 amide bonds. The van der Waals surface area contributed by atoms with Crippen molar-refractivity contribution in [1.82, 2.24) is 15.2 Å². The number of pyridine rings is 1. The van der Waals surface area contributed by atoms with E-state index in [9.17, 15) is 4.79 Å². The van der Waals surface area contributed by atoms with Crippen LogP contribution in [0.15, 0.2) is 24.3 Å². The predicted molar refractivity (Wildman–Crippen MR) is 105 cm³/mol. The van der Waals surface area contributed by atoms with E-state index in [-0.39, 0.29) is 5.91 Å². The summed E-state index contributed by atoms with van der Waals surface area (Å²) in [6, 6.07) is 9.06. The summed E-state index contributed by atoms with van der Waals surface area (Å²) < 4.78 is 0. The van der Waals surface area contributed by atoms with Crippen LogP contribution in [0.5, 0.6) is 0 Å². The summed E-state index contributed by atoms with van der Waals surface area (Å²) in [5, 5.41) is 4.19. The molecule has 4 nitrogen and oxygen atoms in total. The number of benzene rings is 1. The summed E-state index contributed by atoms with van der Waals surface area (Å²) in [7, 11) is 0. The van der Waals surface area contributed by atoms with E-state index in [4.69, 9.17) is 0 Å². The number of nitrogens with zero attached hydrogens (tertiary/aromatic N) is 2. The van der Waals surface area contributed by atoms with Crippen LogP contribution in [0.25, 0.3) is 10.9 Å². The Morgan fingerprint density at radius 3 is 2.40 bits per heavy atom. The first-order valence-corrected chi connectivity index (χ1v) is 9.18. The molecule has 1 aromatic carbocycles. The minimum atomic E-state index is 0.0655. The van der Waals surface area contributed by atoms with Gasteiger partial charge in [0, 0.05) is 36.3 Å². The number of para-hydroxylation sites is 1. The minimum Gasteiger partial charge on any atom is -0.355 e. The van der Waals surface area contributed by atoms with Gasteiger partial charge in [-0.15, -0.1) is 0 Å². The van der Waals surface area contributed by atoms with Gasteiger partial charge in [-0.2, -0.15) is 0 Å². The number of hydrogen-bond donors (Lipinski definition) is 1. The SMILES string of the molecule is Cc1nc2ccccc2c(C)c1CC(=O)NCCN(C(C)C)C(C)C. The second-order valence-corrected chi connectivity index (χ2v) is 7.27. The molecule has 136 valence electrons. The van der Waals surface area contributed by atoms with Gasteiger partial charge in [0.25, 0.3) is 0 Å². The molecular weight excluding hydrogens is 310 g/mol. The maximum Gasteiger partial charge on any atom is 0.224 e. The van der Waals surface area contributed by atoms with Crippen LogP contribution in [0.2, 0.25) is 0 Å². The van der Waals surface area contributed by atoms with Crippen LogP contribution in [0.4, 0.5) is 0 Å². The van der Waals surface area contributed by atoms with Crippen molar-refractivity contribution in [2.24, 2.45) is 0 Å². The first kappa shape index (κ1) is 19.4. The minimum absolute atomic E-state index is 0.0655. The van der Waals surface area contributed by atoms with Crippen molar-refractivity contribution in [3.63, 3.8) is 0 Å². The number of aryl methyl sites for hydroxylation is 2. The van der Waals surface area contributed by atoms with Crippen molar-refractivity contribution < 1.29 is 4.79 Å². The first-order valence-electron chi connectivity index (χ1n) is 9.18. The van der Waals surface area contributed by atoms with E-state index in [1.54, 1.807) is 0 Å². The average Bonchev–Trinajstić information content (AvgIpc) is 2.54. The average molecular weight is 341 g/mol. The molecule has 0 aliphatic heterocycles. The Morgan fingerprint density at radius 2 is 1.76 bits per heavy atom. The molecular formula is C21H31N3O. The van der Waals surface area contributed by atoms with Gasteiger partial charge in [0.1, 0.15) is 0 Å². The van der Waals surface area contributed by atoms with E-state index in [1.807, 2.05) is 25.1 Å². The molecule has 0 radical (unpaired) electrons. The van der Waals surface area contributed by atoms with Gasteiger partial charge in [-0.05, 0) is 58.7 Å². The van der Waals surface area contributed by atoms with Crippen LogP contribution in [0, 0.1) is 13.8 Å². The number of carbonyl (C=O) groups excluding carboxylic acids is 1. The molecule has 1 N–H and O–H groups in total. The van der Waals surface area contributed by atoms with Crippen LogP contribution >= 0.6 is 0 Å². The lowest BCUT2D eigenvalue weighted by molar-refractivity contribution is -0.120. The lowest BCUT2D eigenvalue weighted by Gasteiger charge is -2.30. The van der Waals surface area contributed by atoms with Crippen LogP contribution in [0.3, 0.4) is 0 Å². The third-order valence-corrected chi connectivity index (χ3v) is 4.84. The fraction of sp³-hybridized carbons (Fsp3) is 0.524. The van der Waals surface area contributed by atoms with Crippen LogP contribution in [-0.4, -0.2) is 41.0 Å². The molecule has 0 saturated carbocycles. The lowest BCUT2D eigenvalue weighted by atomic mass is 9.99. The number of nitrogens with one attached hydrogen (secondary N) is 1. The van der Waals surface area contributed by atoms with Gasteiger partial charge in [0.2, 0.25) is 5.91 Å². The molecule has 0 atom stereocenters. The summed E-state index contributed by atoms with van der Waals surface area (Å²) in [6.45, 7) is 14.4. The van der Waals surface area contributed by atoms with Crippen molar-refractivity contribution in [2.75, 3.05) is 13.1 Å². The molecule has 25 heavy (non-hydrogen) atoms. The maximum atomic E-state index is 12.4. The normalized spacial score (nSPS) is 11.7. The molecule has 0 aliphatic carbocycles. The number of amides is 1. The first-order chi connectivity index (χ1) is 11.8. The Labute approximate surface area is 151 Å². The molecule has 0 spiro atoms. The molecule has 4 heteroatoms. The fourth-order valence-electron chi connectivity index (χ4n) is 3.49. The monoisotopic (exact) mass is 341 g/mol. The summed E-state index contributed by atoms with van der Waals surface area (Å²) in [6.07, 6.45) is 0.388. The van der Waals surface area contributed by atoms with Crippen LogP contribution in [-0.2, 0) is 11.2 Å². The molecule has 0 saturated heterocycles. The molecule has 1 aromatic heterocycles. The van der Waals surface area contributed by atoms with Gasteiger partial charge in [-0.1, -0.05) is 18.2 Å². The van der Waals surface area contributed by atoms with Gasteiger partial charge in [-0.3, -0.25) is 14.7 Å². The van der Waals surface area contributed by atoms with Crippen molar-refractivity contribution in [1.29, 1.82) is 0 Å². The van der Waals surface area contributed by atoms with Crippen molar-refractivity contribution in [2.45, 2.75) is 60.0 Å². The number of rotatable bonds is 7. The Balaban J connectivity index is 2.02. The standard InChI is InChI=1S/C21H31N3O/c1-14(2)24(15(3)4)12-11-22-21(25)13-19-16(5)18-9-7-8-10-20(18)23-17(19)6/h7-10,14-15H,11-13H2,1-6H3,(H,22,25). The van der Waals surface area contributed by atoms with Crippen molar-refractivity contribution in [3.05, 3.63) is 41.1 Å². The summed E-state index contributed by atoms with van der Waals surface area (Å²) >= 11 is 0. The Kier molecular flexibility index (Phi) is 6.54. The van der Waals surface area contributed by atoms with E-state index in [2.05, 4.69) is 55.9 Å². The molecule has 2 aromatic rings. The topological polar surface area (TPSA) is 45.2 Å². The Bertz CT molecular complexity index is 729. The molecule has 2 rings (SSSR count). The lowest BCUT2D eigenvalue weighted by Crippen LogP contribution is -2.42. The van der Waals surface area contributed by atoms with E-state index in [0.717, 1.165) is 34.3 Å². The number of carbonyl (C=O) groups is 1. The third kappa shape index (κ3) is 4.79. The second kappa shape index (κ2) is 8.43. The summed E-state index contributed by atoms with van der Waals surface area (Å²) in [4.78, 5) is 19.5. The third-order valence-electron chi connectivity index (χ3n) is 4.84. The number of aromatic nitrogens is 1. The molecule has 0 fully saturated rings. The Hall–Kier alpha value is -1.94. The zero-order valence-corrected chi connectivity index (χ0v) is 16.4. The number of hydrogen-bond acceptors (Lipinski definition) is 3. The highest BCUT2D eigenvalue weighted by Gasteiger charge is 2.15. The van der Waals surface area contributed by atoms with Crippen molar-refractivity contribution >= 4 is 16.8 Å². The summed E-state index contributed by atoms with van der Waals surface area (Å²) in [5.74, 6) is 0.0655. The van der Waals surface area contributed by atoms with Gasteiger partial charge in [0.05, 0.1) is 11.9 Å². The van der Waals surface area contributed by atoms with Crippen LogP contribution in [0.1, 0.15) is 44.5 Å². The smallest absolute Gasteiger partial charge is 0.224 e. The predicted octanol–water partition coefficient (Wildman–Crippen LogP) is 3.63. The largest absolute Gasteiger partial charge is 0.355 e. The molecule has 0 unspecified atom stereocenters. The fourth-order valence-corrected chi connectivity index (χ4v) is 3.49. The van der Waals surface area contributed by atoms with Gasteiger partial charge >= 0.3 is 0 Å². The molecule has 0 bridgehead atoms. The molecule has 1 heterocycles. The molecule has 0 aliphatic rings. The van der Waals surface area contributed by atoms with E-state index in [1.165, 1.54) is 0 Å². The van der Waals surface area contributed by atoms with Crippen LogP contribution < -0.4 is 5.32 Å².